The summed E-state index contributed by atoms with van der Waals surface area (Å²) >= 11 is 0. The fourth-order valence-electron chi connectivity index (χ4n) is 3.90. The Kier molecular flexibility index (Phi) is 7.33. The zero-order chi connectivity index (χ0) is 24.6. The summed E-state index contributed by atoms with van der Waals surface area (Å²) in [6.45, 7) is 7.81. The molecule has 184 valence electrons. The number of fused-ring (bicyclic) bond motifs is 1. The van der Waals surface area contributed by atoms with Crippen LogP contribution in [-0.4, -0.2) is 38.1 Å². The minimum Gasteiger partial charge on any atom is -0.497 e. The van der Waals surface area contributed by atoms with Crippen molar-refractivity contribution in [3.05, 3.63) is 65.0 Å². The minimum absolute atomic E-state index is 0. The Morgan fingerprint density at radius 3 is 2.40 bits per heavy atom. The lowest BCUT2D eigenvalue weighted by molar-refractivity contribution is 0.100. The van der Waals surface area contributed by atoms with Crippen molar-refractivity contribution in [2.24, 2.45) is 11.5 Å². The van der Waals surface area contributed by atoms with E-state index < -0.39 is 11.4 Å². The number of methoxy groups -OCH3 is 1. The van der Waals surface area contributed by atoms with Crippen molar-refractivity contribution in [1.82, 2.24) is 19.6 Å². The molecular weight excluding hydrogens is 466 g/mol. The number of aryl methyl sites for hydroxylation is 2. The van der Waals surface area contributed by atoms with Gasteiger partial charge in [-0.25, -0.2) is 9.97 Å². The Bertz CT molecular complexity index is 1370. The van der Waals surface area contributed by atoms with Crippen molar-refractivity contribution < 1.29 is 9.53 Å². The average molecular weight is 496 g/mol. The highest BCUT2D eigenvalue weighted by Crippen LogP contribution is 2.28. The molecule has 5 N–H and O–H groups in total. The number of carbonyl (C=O) groups is 1. The van der Waals surface area contributed by atoms with Gasteiger partial charge in [-0.2, -0.15) is 4.52 Å². The molecule has 10 heteroatoms. The number of hydrogen-bond acceptors (Lipinski definition) is 7. The third-order valence-corrected chi connectivity index (χ3v) is 5.23. The van der Waals surface area contributed by atoms with Crippen LogP contribution < -0.4 is 21.5 Å². The van der Waals surface area contributed by atoms with Crippen molar-refractivity contribution in [1.29, 1.82) is 0 Å². The van der Waals surface area contributed by atoms with Gasteiger partial charge in [0.25, 0.3) is 5.91 Å². The lowest BCUT2D eigenvalue weighted by Gasteiger charge is -2.20. The van der Waals surface area contributed by atoms with Gasteiger partial charge in [-0.1, -0.05) is 18.2 Å². The molecule has 2 aromatic heterocycles. The summed E-state index contributed by atoms with van der Waals surface area (Å²) in [5, 5.41) is 7.93. The van der Waals surface area contributed by atoms with E-state index in [4.69, 9.17) is 21.2 Å². The zero-order valence-electron chi connectivity index (χ0n) is 20.4. The summed E-state index contributed by atoms with van der Waals surface area (Å²) in [5.74, 6) is 1.30. The lowest BCUT2D eigenvalue weighted by atomic mass is 10.0. The fraction of sp³-hybridized carbons (Fsp3) is 0.280. The quantitative estimate of drug-likeness (QED) is 0.353. The van der Waals surface area contributed by atoms with Gasteiger partial charge in [0.1, 0.15) is 23.0 Å². The number of benzene rings is 2. The molecule has 4 aromatic rings. The van der Waals surface area contributed by atoms with E-state index in [-0.39, 0.29) is 18.0 Å². The highest BCUT2D eigenvalue weighted by Gasteiger charge is 2.25. The molecule has 0 unspecified atom stereocenters. The first kappa shape index (κ1) is 25.9. The molecule has 9 nitrogen and oxygen atoms in total. The molecule has 0 atom stereocenters. The zero-order valence-corrected chi connectivity index (χ0v) is 21.2. The third kappa shape index (κ3) is 5.70. The second-order valence-electron chi connectivity index (χ2n) is 9.19. The van der Waals surface area contributed by atoms with Crippen LogP contribution in [0.15, 0.2) is 42.5 Å². The van der Waals surface area contributed by atoms with E-state index in [1.165, 1.54) is 0 Å². The predicted molar refractivity (Wildman–Crippen MR) is 140 cm³/mol. The largest absolute Gasteiger partial charge is 0.497 e. The van der Waals surface area contributed by atoms with E-state index >= 15 is 0 Å². The maximum Gasteiger partial charge on any atom is 0.256 e. The summed E-state index contributed by atoms with van der Waals surface area (Å²) in [4.78, 5) is 22.0. The van der Waals surface area contributed by atoms with Gasteiger partial charge < -0.3 is 21.5 Å². The highest BCUT2D eigenvalue weighted by atomic mass is 35.5. The van der Waals surface area contributed by atoms with Crippen molar-refractivity contribution in [3.63, 3.8) is 0 Å². The van der Waals surface area contributed by atoms with E-state index in [0.717, 1.165) is 22.4 Å². The van der Waals surface area contributed by atoms with Crippen LogP contribution in [0.3, 0.4) is 0 Å². The van der Waals surface area contributed by atoms with Crippen molar-refractivity contribution in [3.8, 4) is 17.1 Å². The first-order valence-corrected chi connectivity index (χ1v) is 10.9. The number of primary amides is 1. The molecule has 35 heavy (non-hydrogen) atoms. The molecule has 0 spiro atoms. The molecule has 1 amide bonds. The molecule has 4 rings (SSSR count). The molecule has 0 bridgehead atoms. The van der Waals surface area contributed by atoms with Crippen LogP contribution in [0.25, 0.3) is 17.0 Å². The number of rotatable bonds is 7. The van der Waals surface area contributed by atoms with E-state index in [0.29, 0.717) is 35.3 Å². The molecular formula is C25H30ClN7O2. The van der Waals surface area contributed by atoms with Gasteiger partial charge in [-0.3, -0.25) is 4.79 Å². The number of hydrogen-bond donors (Lipinski definition) is 3. The average Bonchev–Trinajstić information content (AvgIpc) is 3.17. The van der Waals surface area contributed by atoms with Crippen molar-refractivity contribution in [2.75, 3.05) is 12.4 Å². The number of nitrogens with zero attached hydrogens (tertiary/aromatic N) is 4. The summed E-state index contributed by atoms with van der Waals surface area (Å²) < 4.78 is 6.88. The van der Waals surface area contributed by atoms with Gasteiger partial charge in [0.2, 0.25) is 0 Å². The van der Waals surface area contributed by atoms with E-state index in [1.54, 1.807) is 11.6 Å². The van der Waals surface area contributed by atoms with E-state index in [1.807, 2.05) is 64.1 Å². The maximum absolute atomic E-state index is 12.6. The van der Waals surface area contributed by atoms with Crippen LogP contribution in [-0.2, 0) is 6.42 Å². The van der Waals surface area contributed by atoms with Crippen LogP contribution in [0.1, 0.15) is 41.2 Å². The third-order valence-electron chi connectivity index (χ3n) is 5.23. The van der Waals surface area contributed by atoms with Crippen molar-refractivity contribution in [2.45, 2.75) is 39.7 Å². The Balaban J connectivity index is 0.00000342. The van der Waals surface area contributed by atoms with Gasteiger partial charge in [-0.15, -0.1) is 17.5 Å². The van der Waals surface area contributed by atoms with Crippen LogP contribution in [0.4, 0.5) is 11.5 Å². The number of nitrogens with one attached hydrogen (secondary N) is 1. The van der Waals surface area contributed by atoms with E-state index in [2.05, 4.69) is 21.5 Å². The van der Waals surface area contributed by atoms with Crippen molar-refractivity contribution >= 4 is 35.5 Å². The topological polar surface area (TPSA) is 133 Å². The van der Waals surface area contributed by atoms with Crippen LogP contribution in [0.2, 0.25) is 0 Å². The van der Waals surface area contributed by atoms with Crippen LogP contribution in [0, 0.1) is 13.8 Å². The smallest absolute Gasteiger partial charge is 0.256 e. The molecule has 0 radical (unpaired) electrons. The number of nitrogens with two attached hydrogens (primary N) is 2. The van der Waals surface area contributed by atoms with Gasteiger partial charge in [0, 0.05) is 23.2 Å². The SMILES string of the molecule is COc1cccc(-c2nc3c(C(N)=O)c(Nc4cc(C)cc(C)c4)nc(CC(C)(C)N)n3n2)c1.Cl. The molecule has 2 heterocycles. The lowest BCUT2D eigenvalue weighted by Crippen LogP contribution is -2.36. The Hall–Kier alpha value is -3.69. The first-order chi connectivity index (χ1) is 16.0. The first-order valence-electron chi connectivity index (χ1n) is 10.9. The van der Waals surface area contributed by atoms with Crippen LogP contribution in [0.5, 0.6) is 5.75 Å². The number of ether oxygens (including phenoxy) is 1. The summed E-state index contributed by atoms with van der Waals surface area (Å²) in [7, 11) is 1.59. The molecule has 0 aliphatic carbocycles. The van der Waals surface area contributed by atoms with Gasteiger partial charge in [0.15, 0.2) is 11.5 Å². The second-order valence-corrected chi connectivity index (χ2v) is 9.19. The number of halogens is 1. The normalized spacial score (nSPS) is 11.3. The summed E-state index contributed by atoms with van der Waals surface area (Å²) in [6, 6.07) is 13.4. The molecule has 2 aromatic carbocycles. The maximum atomic E-state index is 12.6. The second kappa shape index (κ2) is 9.89. The number of carbonyl (C=O) groups excluding carboxylic acids is 1. The van der Waals surface area contributed by atoms with E-state index in [9.17, 15) is 4.79 Å². The predicted octanol–water partition coefficient (Wildman–Crippen LogP) is 3.96. The number of amides is 1. The van der Waals surface area contributed by atoms with Gasteiger partial charge in [-0.05, 0) is 63.1 Å². The number of aromatic nitrogens is 4. The standard InChI is InChI=1S/C25H29N7O2.ClH/c1-14-9-15(2)11-17(10-14)28-23-20(21(26)33)24-30-22(16-7-6-8-18(12-16)34-5)31-32(24)19(29-23)13-25(3,4)27;/h6-12,28H,13,27H2,1-5H3,(H2,26,33);1H. The molecule has 0 saturated heterocycles. The van der Waals surface area contributed by atoms with Gasteiger partial charge in [0.05, 0.1) is 7.11 Å². The highest BCUT2D eigenvalue weighted by molar-refractivity contribution is 6.04. The molecule has 0 aliphatic heterocycles. The Labute approximate surface area is 210 Å². The minimum atomic E-state index is -0.660. The summed E-state index contributed by atoms with van der Waals surface area (Å²) in [6.07, 6.45) is 0.394. The monoisotopic (exact) mass is 495 g/mol. The number of anilines is 2. The Morgan fingerprint density at radius 1 is 1.11 bits per heavy atom. The molecule has 0 fully saturated rings. The summed E-state index contributed by atoms with van der Waals surface area (Å²) in [5.41, 5.74) is 15.7. The Morgan fingerprint density at radius 2 is 1.80 bits per heavy atom. The molecule has 0 saturated carbocycles. The fourth-order valence-corrected chi connectivity index (χ4v) is 3.90. The van der Waals surface area contributed by atoms with Crippen LogP contribution >= 0.6 is 12.4 Å². The van der Waals surface area contributed by atoms with Gasteiger partial charge >= 0.3 is 0 Å². The molecule has 0 aliphatic rings.